The van der Waals surface area contributed by atoms with Crippen molar-refractivity contribution < 1.29 is 14.3 Å². The van der Waals surface area contributed by atoms with Crippen LogP contribution < -0.4 is 5.32 Å². The molecule has 0 bridgehead atoms. The summed E-state index contributed by atoms with van der Waals surface area (Å²) in [6, 6.07) is 15.1. The fourth-order valence-corrected chi connectivity index (χ4v) is 4.03. The summed E-state index contributed by atoms with van der Waals surface area (Å²) >= 11 is 0. The van der Waals surface area contributed by atoms with Gasteiger partial charge in [-0.1, -0.05) is 42.5 Å². The van der Waals surface area contributed by atoms with Crippen molar-refractivity contribution >= 4 is 28.2 Å². The van der Waals surface area contributed by atoms with Gasteiger partial charge in [0.15, 0.2) is 0 Å². The zero-order valence-electron chi connectivity index (χ0n) is 18.4. The van der Waals surface area contributed by atoms with Gasteiger partial charge in [0.05, 0.1) is 18.7 Å². The third kappa shape index (κ3) is 4.70. The first-order valence-corrected chi connectivity index (χ1v) is 10.8. The summed E-state index contributed by atoms with van der Waals surface area (Å²) in [6.45, 7) is 3.90. The highest BCUT2D eigenvalue weighted by Gasteiger charge is 2.23. The minimum absolute atomic E-state index is 0.00859. The van der Waals surface area contributed by atoms with Gasteiger partial charge in [-0.15, -0.1) is 0 Å². The Balaban J connectivity index is 1.35. The van der Waals surface area contributed by atoms with E-state index < -0.39 is 0 Å². The molecule has 6 nitrogen and oxygen atoms in total. The van der Waals surface area contributed by atoms with E-state index in [1.807, 2.05) is 37.5 Å². The molecule has 1 amide bonds. The number of carbonyl (C=O) groups excluding carboxylic acids is 2. The van der Waals surface area contributed by atoms with Gasteiger partial charge in [-0.05, 0) is 42.0 Å². The Hall–Kier alpha value is -3.51. The van der Waals surface area contributed by atoms with Crippen LogP contribution in [0.25, 0.3) is 16.3 Å². The molecule has 1 aliphatic rings. The molecule has 2 aromatic carbocycles. The Morgan fingerprint density at radius 1 is 1.12 bits per heavy atom. The lowest BCUT2D eigenvalue weighted by Crippen LogP contribution is -2.46. The maximum absolute atomic E-state index is 12.7. The number of rotatable bonds is 6. The molecule has 1 aliphatic heterocycles. The molecule has 1 N–H and O–H groups in total. The van der Waals surface area contributed by atoms with Crippen molar-refractivity contribution in [2.45, 2.75) is 25.9 Å². The van der Waals surface area contributed by atoms with E-state index in [1.54, 1.807) is 12.1 Å². The molecular formula is C26H27N3O3. The fourth-order valence-electron chi connectivity index (χ4n) is 4.03. The van der Waals surface area contributed by atoms with Crippen LogP contribution in [0.15, 0.2) is 67.0 Å². The second-order valence-corrected chi connectivity index (χ2v) is 7.96. The SMILES string of the molecule is COC(=O)c1ccc(CNC(=O)[C@@H](C)N2CC=C(c3cncc4ccccc34)CC2)cc1. The molecule has 6 heteroatoms. The van der Waals surface area contributed by atoms with Gasteiger partial charge in [0.1, 0.15) is 0 Å². The highest BCUT2D eigenvalue weighted by molar-refractivity contribution is 5.93. The topological polar surface area (TPSA) is 71.5 Å². The van der Waals surface area contributed by atoms with E-state index in [1.165, 1.54) is 23.6 Å². The largest absolute Gasteiger partial charge is 0.465 e. The molecule has 0 fully saturated rings. The Morgan fingerprint density at radius 3 is 2.62 bits per heavy atom. The average Bonchev–Trinajstić information content (AvgIpc) is 2.86. The lowest BCUT2D eigenvalue weighted by molar-refractivity contribution is -0.125. The molecular weight excluding hydrogens is 402 g/mol. The van der Waals surface area contributed by atoms with Gasteiger partial charge in [0.2, 0.25) is 5.91 Å². The van der Waals surface area contributed by atoms with E-state index in [0.29, 0.717) is 12.1 Å². The number of aromatic nitrogens is 1. The van der Waals surface area contributed by atoms with Crippen LogP contribution in [0, 0.1) is 0 Å². The van der Waals surface area contributed by atoms with Crippen LogP contribution in [-0.2, 0) is 16.1 Å². The van der Waals surface area contributed by atoms with Crippen molar-refractivity contribution in [2.75, 3.05) is 20.2 Å². The van der Waals surface area contributed by atoms with E-state index in [0.717, 1.165) is 30.5 Å². The van der Waals surface area contributed by atoms with Gasteiger partial charge < -0.3 is 10.1 Å². The molecule has 164 valence electrons. The summed E-state index contributed by atoms with van der Waals surface area (Å²) in [5.74, 6) is -0.378. The van der Waals surface area contributed by atoms with Crippen LogP contribution in [0.1, 0.15) is 34.8 Å². The van der Waals surface area contributed by atoms with E-state index in [-0.39, 0.29) is 17.9 Å². The average molecular weight is 430 g/mol. The number of carbonyl (C=O) groups is 2. The lowest BCUT2D eigenvalue weighted by Gasteiger charge is -2.31. The first kappa shape index (κ1) is 21.7. The van der Waals surface area contributed by atoms with Gasteiger partial charge in [-0.2, -0.15) is 0 Å². The van der Waals surface area contributed by atoms with Gasteiger partial charge in [0.25, 0.3) is 0 Å². The number of ether oxygens (including phenoxy) is 1. The maximum atomic E-state index is 12.7. The van der Waals surface area contributed by atoms with Crippen molar-refractivity contribution in [2.24, 2.45) is 0 Å². The summed E-state index contributed by atoms with van der Waals surface area (Å²) in [7, 11) is 1.36. The second kappa shape index (κ2) is 9.75. The first-order chi connectivity index (χ1) is 15.6. The summed E-state index contributed by atoms with van der Waals surface area (Å²) in [4.78, 5) is 30.8. The van der Waals surface area contributed by atoms with Crippen LogP contribution in [0.5, 0.6) is 0 Å². The van der Waals surface area contributed by atoms with Gasteiger partial charge >= 0.3 is 5.97 Å². The van der Waals surface area contributed by atoms with Gasteiger partial charge in [0, 0.05) is 43.0 Å². The van der Waals surface area contributed by atoms with Crippen molar-refractivity contribution in [3.63, 3.8) is 0 Å². The molecule has 0 saturated carbocycles. The molecule has 32 heavy (non-hydrogen) atoms. The highest BCUT2D eigenvalue weighted by atomic mass is 16.5. The number of hydrogen-bond donors (Lipinski definition) is 1. The molecule has 2 heterocycles. The summed E-state index contributed by atoms with van der Waals surface area (Å²) < 4.78 is 4.71. The maximum Gasteiger partial charge on any atom is 0.337 e. The first-order valence-electron chi connectivity index (χ1n) is 10.8. The van der Waals surface area contributed by atoms with E-state index >= 15 is 0 Å². The fraction of sp³-hybridized carbons (Fsp3) is 0.269. The third-order valence-electron chi connectivity index (χ3n) is 6.02. The standard InChI is InChI=1S/C26H27N3O3/c1-18(25(30)28-15-19-7-9-21(10-8-19)26(31)32-2)29-13-11-20(12-14-29)24-17-27-16-22-5-3-4-6-23(22)24/h3-11,16-18H,12-15H2,1-2H3,(H,28,30)/t18-/m1/s1. The molecule has 0 saturated heterocycles. The number of benzene rings is 2. The Morgan fingerprint density at radius 2 is 1.91 bits per heavy atom. The quantitative estimate of drug-likeness (QED) is 0.603. The summed E-state index contributed by atoms with van der Waals surface area (Å²) in [5.41, 5.74) is 3.88. The van der Waals surface area contributed by atoms with Crippen LogP contribution in [0.2, 0.25) is 0 Å². The van der Waals surface area contributed by atoms with E-state index in [2.05, 4.69) is 39.5 Å². The van der Waals surface area contributed by atoms with Crippen molar-refractivity contribution in [1.82, 2.24) is 15.2 Å². The van der Waals surface area contributed by atoms with Crippen molar-refractivity contribution in [3.8, 4) is 0 Å². The van der Waals surface area contributed by atoms with Crippen molar-refractivity contribution in [3.05, 3.63) is 83.7 Å². The molecule has 0 aliphatic carbocycles. The number of nitrogens with one attached hydrogen (secondary N) is 1. The van der Waals surface area contributed by atoms with E-state index in [9.17, 15) is 9.59 Å². The predicted molar refractivity (Wildman–Crippen MR) is 125 cm³/mol. The molecule has 1 aromatic heterocycles. The second-order valence-electron chi connectivity index (χ2n) is 7.96. The number of fused-ring (bicyclic) bond motifs is 1. The van der Waals surface area contributed by atoms with Crippen LogP contribution in [0.3, 0.4) is 0 Å². The van der Waals surface area contributed by atoms with Gasteiger partial charge in [-0.3, -0.25) is 14.7 Å². The summed E-state index contributed by atoms with van der Waals surface area (Å²) in [5, 5.41) is 5.35. The minimum atomic E-state index is -0.369. The molecule has 0 radical (unpaired) electrons. The van der Waals surface area contributed by atoms with Gasteiger partial charge in [-0.25, -0.2) is 4.79 Å². The Kier molecular flexibility index (Phi) is 6.61. The van der Waals surface area contributed by atoms with Crippen LogP contribution in [-0.4, -0.2) is 48.0 Å². The zero-order valence-corrected chi connectivity index (χ0v) is 18.4. The molecule has 4 rings (SSSR count). The van der Waals surface area contributed by atoms with Crippen molar-refractivity contribution in [1.29, 1.82) is 0 Å². The number of pyridine rings is 1. The normalized spacial score (nSPS) is 15.1. The number of amides is 1. The molecule has 0 unspecified atom stereocenters. The van der Waals surface area contributed by atoms with E-state index in [4.69, 9.17) is 4.74 Å². The summed E-state index contributed by atoms with van der Waals surface area (Å²) in [6.07, 6.45) is 6.92. The Labute approximate surface area is 187 Å². The minimum Gasteiger partial charge on any atom is -0.465 e. The van der Waals surface area contributed by atoms with Crippen LogP contribution >= 0.6 is 0 Å². The lowest BCUT2D eigenvalue weighted by atomic mass is 9.96. The number of hydrogen-bond acceptors (Lipinski definition) is 5. The molecule has 0 spiro atoms. The number of esters is 1. The predicted octanol–water partition coefficient (Wildman–Crippen LogP) is 3.82. The zero-order chi connectivity index (χ0) is 22.5. The Bertz CT molecular complexity index is 1150. The smallest absolute Gasteiger partial charge is 0.337 e. The highest BCUT2D eigenvalue weighted by Crippen LogP contribution is 2.28. The van der Waals surface area contributed by atoms with Crippen LogP contribution in [0.4, 0.5) is 0 Å². The number of methoxy groups -OCH3 is 1. The third-order valence-corrected chi connectivity index (χ3v) is 6.02. The molecule has 1 atom stereocenters. The monoisotopic (exact) mass is 429 g/mol. The molecule has 3 aromatic rings. The number of nitrogens with zero attached hydrogens (tertiary/aromatic N) is 2.